The van der Waals surface area contributed by atoms with E-state index in [0.717, 1.165) is 12.0 Å². The highest BCUT2D eigenvalue weighted by Crippen LogP contribution is 2.22. The maximum atomic E-state index is 6.02. The predicted octanol–water partition coefficient (Wildman–Crippen LogP) is 2.78. The number of hydrogen-bond acceptors (Lipinski definition) is 2. The van der Waals surface area contributed by atoms with Crippen molar-refractivity contribution >= 4 is 11.6 Å². The highest BCUT2D eigenvalue weighted by molar-refractivity contribution is 6.30. The normalized spacial score (nSPS) is 15.4. The molecule has 2 atom stereocenters. The fourth-order valence-electron chi connectivity index (χ4n) is 1.19. The molecular weight excluding hydrogens is 184 g/mol. The van der Waals surface area contributed by atoms with Gasteiger partial charge in [-0.1, -0.05) is 31.9 Å². The summed E-state index contributed by atoms with van der Waals surface area (Å²) in [6.45, 7) is 4.26. The Kier molecular flexibility index (Phi) is 3.70. The molecule has 1 heterocycles. The molecular formula is C10H15ClN2. The number of nitrogens with two attached hydrogens (primary N) is 1. The predicted molar refractivity (Wildman–Crippen MR) is 55.6 cm³/mol. The number of pyridine rings is 1. The van der Waals surface area contributed by atoms with Gasteiger partial charge in [0, 0.05) is 18.4 Å². The number of hydrogen-bond donors (Lipinski definition) is 1. The number of rotatable bonds is 3. The van der Waals surface area contributed by atoms with Crippen LogP contribution in [0.2, 0.25) is 5.02 Å². The molecule has 0 aliphatic carbocycles. The van der Waals surface area contributed by atoms with Gasteiger partial charge >= 0.3 is 0 Å². The van der Waals surface area contributed by atoms with Crippen LogP contribution in [-0.2, 0) is 0 Å². The number of halogens is 1. The minimum absolute atomic E-state index is 0.0381. The monoisotopic (exact) mass is 198 g/mol. The standard InChI is InChI=1S/C10H15ClN2/c1-3-7(2)10(12)8-4-9(11)6-13-5-8/h4-7,10H,3,12H2,1-2H3. The molecule has 0 fully saturated rings. The van der Waals surface area contributed by atoms with Gasteiger partial charge in [0.05, 0.1) is 5.02 Å². The Balaban J connectivity index is 2.82. The summed E-state index contributed by atoms with van der Waals surface area (Å²) in [7, 11) is 0. The summed E-state index contributed by atoms with van der Waals surface area (Å²) in [4.78, 5) is 4.01. The maximum absolute atomic E-state index is 6.02. The second-order valence-corrected chi connectivity index (χ2v) is 3.78. The van der Waals surface area contributed by atoms with Crippen LogP contribution in [0, 0.1) is 5.92 Å². The van der Waals surface area contributed by atoms with Crippen LogP contribution in [0.4, 0.5) is 0 Å². The molecule has 2 unspecified atom stereocenters. The fourth-order valence-corrected chi connectivity index (χ4v) is 1.38. The van der Waals surface area contributed by atoms with Crippen molar-refractivity contribution in [1.29, 1.82) is 0 Å². The Morgan fingerprint density at radius 3 is 2.77 bits per heavy atom. The fraction of sp³-hybridized carbons (Fsp3) is 0.500. The molecule has 0 bridgehead atoms. The van der Waals surface area contributed by atoms with Crippen LogP contribution in [0.5, 0.6) is 0 Å². The molecule has 0 aliphatic rings. The van der Waals surface area contributed by atoms with Gasteiger partial charge in [0.2, 0.25) is 0 Å². The van der Waals surface area contributed by atoms with Crippen LogP contribution >= 0.6 is 11.6 Å². The second kappa shape index (κ2) is 4.58. The molecule has 1 rings (SSSR count). The van der Waals surface area contributed by atoms with E-state index in [1.165, 1.54) is 0 Å². The van der Waals surface area contributed by atoms with E-state index in [9.17, 15) is 0 Å². The summed E-state index contributed by atoms with van der Waals surface area (Å²) in [6.07, 6.45) is 4.46. The van der Waals surface area contributed by atoms with Gasteiger partial charge in [-0.3, -0.25) is 4.98 Å². The number of aromatic nitrogens is 1. The van der Waals surface area contributed by atoms with Crippen molar-refractivity contribution in [2.24, 2.45) is 11.7 Å². The molecule has 0 aromatic carbocycles. The maximum Gasteiger partial charge on any atom is 0.0592 e. The molecule has 0 amide bonds. The first kappa shape index (κ1) is 10.5. The Morgan fingerprint density at radius 2 is 2.23 bits per heavy atom. The molecule has 0 saturated carbocycles. The van der Waals surface area contributed by atoms with Crippen molar-refractivity contribution in [2.75, 3.05) is 0 Å². The summed E-state index contributed by atoms with van der Waals surface area (Å²) in [6, 6.07) is 1.92. The lowest BCUT2D eigenvalue weighted by Crippen LogP contribution is -2.18. The van der Waals surface area contributed by atoms with E-state index in [1.54, 1.807) is 12.4 Å². The van der Waals surface area contributed by atoms with Gasteiger partial charge in [0.25, 0.3) is 0 Å². The Labute approximate surface area is 84.1 Å². The average Bonchev–Trinajstić information content (AvgIpc) is 2.15. The zero-order valence-electron chi connectivity index (χ0n) is 8.00. The van der Waals surface area contributed by atoms with E-state index in [-0.39, 0.29) is 6.04 Å². The van der Waals surface area contributed by atoms with E-state index >= 15 is 0 Å². The van der Waals surface area contributed by atoms with Gasteiger partial charge in [0.1, 0.15) is 0 Å². The highest BCUT2D eigenvalue weighted by atomic mass is 35.5. The SMILES string of the molecule is CCC(C)C(N)c1cncc(Cl)c1. The van der Waals surface area contributed by atoms with Crippen LogP contribution in [0.15, 0.2) is 18.5 Å². The molecule has 13 heavy (non-hydrogen) atoms. The second-order valence-electron chi connectivity index (χ2n) is 3.35. The van der Waals surface area contributed by atoms with Crippen molar-refractivity contribution < 1.29 is 0 Å². The first-order valence-electron chi connectivity index (χ1n) is 4.51. The lowest BCUT2D eigenvalue weighted by Gasteiger charge is -2.18. The average molecular weight is 199 g/mol. The Bertz CT molecular complexity index is 275. The van der Waals surface area contributed by atoms with Crippen LogP contribution < -0.4 is 5.73 Å². The Hall–Kier alpha value is -0.600. The minimum Gasteiger partial charge on any atom is -0.324 e. The third-order valence-corrected chi connectivity index (χ3v) is 2.57. The van der Waals surface area contributed by atoms with E-state index in [4.69, 9.17) is 17.3 Å². The first-order chi connectivity index (χ1) is 6.15. The third-order valence-electron chi connectivity index (χ3n) is 2.37. The van der Waals surface area contributed by atoms with Gasteiger partial charge in [-0.15, -0.1) is 0 Å². The van der Waals surface area contributed by atoms with Crippen molar-refractivity contribution in [3.8, 4) is 0 Å². The third kappa shape index (κ3) is 2.68. The summed E-state index contributed by atoms with van der Waals surface area (Å²) in [5.74, 6) is 0.459. The molecule has 1 aromatic heterocycles. The van der Waals surface area contributed by atoms with Crippen molar-refractivity contribution in [3.05, 3.63) is 29.0 Å². The van der Waals surface area contributed by atoms with Crippen molar-refractivity contribution in [2.45, 2.75) is 26.3 Å². The smallest absolute Gasteiger partial charge is 0.0592 e. The lowest BCUT2D eigenvalue weighted by molar-refractivity contribution is 0.456. The van der Waals surface area contributed by atoms with Crippen LogP contribution in [0.3, 0.4) is 0 Å². The summed E-state index contributed by atoms with van der Waals surface area (Å²) in [5.41, 5.74) is 7.03. The topological polar surface area (TPSA) is 38.9 Å². The number of nitrogens with zero attached hydrogens (tertiary/aromatic N) is 1. The molecule has 1 aromatic rings. The largest absolute Gasteiger partial charge is 0.324 e. The van der Waals surface area contributed by atoms with Gasteiger partial charge in [-0.25, -0.2) is 0 Å². The molecule has 0 saturated heterocycles. The van der Waals surface area contributed by atoms with E-state index in [0.29, 0.717) is 10.9 Å². The summed E-state index contributed by atoms with van der Waals surface area (Å²) >= 11 is 5.82. The van der Waals surface area contributed by atoms with E-state index in [2.05, 4.69) is 18.8 Å². The molecule has 2 N–H and O–H groups in total. The quantitative estimate of drug-likeness (QED) is 0.811. The zero-order valence-corrected chi connectivity index (χ0v) is 8.75. The molecule has 0 spiro atoms. The first-order valence-corrected chi connectivity index (χ1v) is 4.89. The van der Waals surface area contributed by atoms with Crippen molar-refractivity contribution in [1.82, 2.24) is 4.98 Å². The summed E-state index contributed by atoms with van der Waals surface area (Å²) in [5, 5.41) is 0.649. The van der Waals surface area contributed by atoms with Crippen LogP contribution in [0.1, 0.15) is 31.9 Å². The van der Waals surface area contributed by atoms with Gasteiger partial charge < -0.3 is 5.73 Å². The van der Waals surface area contributed by atoms with E-state index in [1.807, 2.05) is 6.07 Å². The molecule has 72 valence electrons. The van der Waals surface area contributed by atoms with Crippen LogP contribution in [0.25, 0.3) is 0 Å². The van der Waals surface area contributed by atoms with E-state index < -0.39 is 0 Å². The Morgan fingerprint density at radius 1 is 1.54 bits per heavy atom. The minimum atomic E-state index is 0.0381. The van der Waals surface area contributed by atoms with Crippen molar-refractivity contribution in [3.63, 3.8) is 0 Å². The van der Waals surface area contributed by atoms with Gasteiger partial charge in [0.15, 0.2) is 0 Å². The zero-order chi connectivity index (χ0) is 9.84. The van der Waals surface area contributed by atoms with Gasteiger partial charge in [-0.2, -0.15) is 0 Å². The molecule has 0 aliphatic heterocycles. The lowest BCUT2D eigenvalue weighted by atomic mass is 9.95. The van der Waals surface area contributed by atoms with Crippen LogP contribution in [-0.4, -0.2) is 4.98 Å². The molecule has 2 nitrogen and oxygen atoms in total. The molecule has 3 heteroatoms. The summed E-state index contributed by atoms with van der Waals surface area (Å²) < 4.78 is 0. The highest BCUT2D eigenvalue weighted by Gasteiger charge is 2.13. The van der Waals surface area contributed by atoms with Gasteiger partial charge in [-0.05, 0) is 17.5 Å². The molecule has 0 radical (unpaired) electrons.